The van der Waals surface area contributed by atoms with Gasteiger partial charge in [-0.3, -0.25) is 19.8 Å². The largest absolute Gasteiger partial charge is 0.489 e. The van der Waals surface area contributed by atoms with Crippen LogP contribution >= 0.6 is 0 Å². The van der Waals surface area contributed by atoms with E-state index in [9.17, 15) is 23.3 Å². The predicted molar refractivity (Wildman–Crippen MR) is 258 cm³/mol. The lowest BCUT2D eigenvalue weighted by atomic mass is 9.59. The topological polar surface area (TPSA) is 194 Å². The van der Waals surface area contributed by atoms with Crippen LogP contribution in [0.3, 0.4) is 0 Å². The van der Waals surface area contributed by atoms with E-state index in [0.29, 0.717) is 67.8 Å². The molecule has 3 saturated heterocycles. The second-order valence-corrected chi connectivity index (χ2v) is 20.8. The molecule has 0 bridgehead atoms. The van der Waals surface area contributed by atoms with Crippen molar-refractivity contribution in [3.05, 3.63) is 106 Å². The number of carbonyl (C=O) groups is 1. The molecule has 4 fully saturated rings. The van der Waals surface area contributed by atoms with Gasteiger partial charge in [-0.25, -0.2) is 13.1 Å². The van der Waals surface area contributed by atoms with Crippen LogP contribution in [0, 0.1) is 15.5 Å². The van der Waals surface area contributed by atoms with E-state index in [0.717, 1.165) is 55.2 Å². The molecule has 1 spiro atoms. The predicted octanol–water partition coefficient (Wildman–Crippen LogP) is 7.72. The molecule has 11 rings (SSSR count). The summed E-state index contributed by atoms with van der Waals surface area (Å²) in [5.74, 6) is -0.531. The van der Waals surface area contributed by atoms with E-state index in [1.54, 1.807) is 12.3 Å². The van der Waals surface area contributed by atoms with Gasteiger partial charge in [0.25, 0.3) is 21.6 Å². The number of likely N-dealkylation sites (tertiary alicyclic amines) is 1. The van der Waals surface area contributed by atoms with Gasteiger partial charge in [0.2, 0.25) is 5.88 Å². The summed E-state index contributed by atoms with van der Waals surface area (Å²) < 4.78 is 53.9. The van der Waals surface area contributed by atoms with Crippen molar-refractivity contribution in [2.24, 2.45) is 5.41 Å². The average molecular weight is 945 g/mol. The number of hydrogen-bond donors (Lipinski definition) is 3. The molecule has 3 aromatic carbocycles. The smallest absolute Gasteiger partial charge is 0.297 e. The number of aromatic amines is 1. The average Bonchev–Trinajstić information content (AvgIpc) is 3.97. The van der Waals surface area contributed by atoms with Crippen molar-refractivity contribution in [2.75, 3.05) is 74.3 Å². The van der Waals surface area contributed by atoms with Gasteiger partial charge in [-0.05, 0) is 105 Å². The summed E-state index contributed by atoms with van der Waals surface area (Å²) in [6.07, 6.45) is 8.81. The second-order valence-electron chi connectivity index (χ2n) is 19.1. The van der Waals surface area contributed by atoms with Crippen molar-refractivity contribution < 1.29 is 37.1 Å². The molecule has 1 amide bonds. The Hall–Kier alpha value is -6.21. The van der Waals surface area contributed by atoms with Crippen LogP contribution in [0.25, 0.3) is 16.6 Å². The molecular weight excluding hydrogens is 889 g/mol. The third-order valence-corrected chi connectivity index (χ3v) is 16.3. The van der Waals surface area contributed by atoms with Crippen LogP contribution in [-0.4, -0.2) is 112 Å². The molecule has 5 aliphatic heterocycles. The number of H-pyrrole nitrogens is 1. The number of amides is 1. The van der Waals surface area contributed by atoms with Gasteiger partial charge >= 0.3 is 0 Å². The molecule has 0 radical (unpaired) electrons. The minimum absolute atomic E-state index is 0.0252. The van der Waals surface area contributed by atoms with Crippen molar-refractivity contribution >= 4 is 61.0 Å². The number of nitrogens with one attached hydrogen (secondary N) is 3. The number of aromatic nitrogens is 2. The monoisotopic (exact) mass is 944 g/mol. The molecule has 7 heterocycles. The molecule has 1 saturated carbocycles. The summed E-state index contributed by atoms with van der Waals surface area (Å²) in [4.78, 5) is 40.8. The molecular formula is C50H56N8O9S. The molecule has 18 heteroatoms. The fourth-order valence-corrected chi connectivity index (χ4v) is 12.4. The Morgan fingerprint density at radius 2 is 1.78 bits per heavy atom. The van der Waals surface area contributed by atoms with E-state index < -0.39 is 43.6 Å². The number of hydrogen-bond acceptors (Lipinski definition) is 14. The number of sulfonamides is 1. The van der Waals surface area contributed by atoms with Gasteiger partial charge in [0.05, 0.1) is 53.5 Å². The minimum Gasteiger partial charge on any atom is -0.489 e. The zero-order valence-corrected chi connectivity index (χ0v) is 38.9. The zero-order valence-electron chi connectivity index (χ0n) is 38.1. The number of ether oxygens (including phenoxy) is 4. The zero-order chi connectivity index (χ0) is 46.7. The Morgan fingerprint density at radius 3 is 2.57 bits per heavy atom. The summed E-state index contributed by atoms with van der Waals surface area (Å²) in [6.45, 7) is 11.2. The quantitative estimate of drug-likeness (QED) is 0.0910. The van der Waals surface area contributed by atoms with Gasteiger partial charge in [0.15, 0.2) is 11.4 Å². The van der Waals surface area contributed by atoms with Crippen LogP contribution in [-0.2, 0) is 19.5 Å². The van der Waals surface area contributed by atoms with Crippen LogP contribution in [0.15, 0.2) is 84.4 Å². The lowest BCUT2D eigenvalue weighted by Crippen LogP contribution is -2.54. The Labute approximate surface area is 395 Å². The molecule has 5 aromatic rings. The first-order chi connectivity index (χ1) is 32.9. The molecule has 3 atom stereocenters. The Balaban J connectivity index is 0.857. The number of benzene rings is 3. The molecule has 6 aliphatic rings. The summed E-state index contributed by atoms with van der Waals surface area (Å²) in [7, 11) is -4.68. The van der Waals surface area contributed by atoms with E-state index in [1.807, 2.05) is 29.2 Å². The first-order valence-corrected chi connectivity index (χ1v) is 25.2. The van der Waals surface area contributed by atoms with Crippen LogP contribution in [0.5, 0.6) is 11.6 Å². The number of anilines is 4. The maximum atomic E-state index is 14.5. The van der Waals surface area contributed by atoms with Gasteiger partial charge in [-0.2, -0.15) is 4.98 Å². The molecule has 1 aliphatic carbocycles. The van der Waals surface area contributed by atoms with Crippen molar-refractivity contribution in [1.82, 2.24) is 19.6 Å². The summed E-state index contributed by atoms with van der Waals surface area (Å²) >= 11 is 0. The number of rotatable bonds is 10. The van der Waals surface area contributed by atoms with E-state index in [1.165, 1.54) is 42.9 Å². The van der Waals surface area contributed by atoms with Gasteiger partial charge in [0, 0.05) is 61.1 Å². The van der Waals surface area contributed by atoms with E-state index in [4.69, 9.17) is 23.9 Å². The third kappa shape index (κ3) is 8.20. The molecule has 68 heavy (non-hydrogen) atoms. The fraction of sp³-hybridized carbons (Fsp3) is 0.440. The molecule has 17 nitrogen and oxygen atoms in total. The number of fused-ring (bicyclic) bond motifs is 3. The van der Waals surface area contributed by atoms with Gasteiger partial charge in [-0.1, -0.05) is 36.4 Å². The minimum atomic E-state index is -4.68. The summed E-state index contributed by atoms with van der Waals surface area (Å²) in [6, 6.07) is 20.8. The van der Waals surface area contributed by atoms with Crippen molar-refractivity contribution in [2.45, 2.75) is 81.0 Å². The maximum Gasteiger partial charge on any atom is 0.297 e. The standard InChI is InChI=1S/C50H56N8O9S/c1-31(2)36-7-3-4-8-37(36)40-9-5-16-56(40)34-27-50(28-34)13-18-55(19-14-50)33-10-11-38(41(24-33)57-17-6-20-66-49-43(57)23-32-12-15-51-47(32)53-49)48(59)54-68(62,63)35-25-42(58(60)61)46-44(26-35)67-29-39(52-46)45-30-64-21-22-65-45/h3-4,7-8,10-12,15,23-26,34,39-40,45,52H,1,5-6,9,13-14,16-22,27-30H2,2H3,(H,51,53)(H,54,59)/t39-,40+,45-/m1/s1. The van der Waals surface area contributed by atoms with Gasteiger partial charge in [0.1, 0.15) is 24.0 Å². The first-order valence-electron chi connectivity index (χ1n) is 23.7. The first kappa shape index (κ1) is 44.3. The number of allylic oxidation sites excluding steroid dienone is 1. The number of piperidine rings is 1. The Morgan fingerprint density at radius 1 is 0.941 bits per heavy atom. The Bertz CT molecular complexity index is 2900. The highest BCUT2D eigenvalue weighted by Gasteiger charge is 2.50. The molecule has 3 N–H and O–H groups in total. The lowest BCUT2D eigenvalue weighted by Gasteiger charge is -2.56. The molecule has 356 valence electrons. The van der Waals surface area contributed by atoms with Crippen LogP contribution in [0.1, 0.15) is 79.4 Å². The van der Waals surface area contributed by atoms with Crippen molar-refractivity contribution in [3.63, 3.8) is 0 Å². The number of nitrogens with zero attached hydrogens (tertiary/aromatic N) is 5. The number of nitro benzene ring substituents is 1. The van der Waals surface area contributed by atoms with Crippen LogP contribution in [0.4, 0.5) is 28.4 Å². The normalized spacial score (nSPS) is 22.8. The molecule has 0 unspecified atom stereocenters. The molecule has 2 aromatic heterocycles. The SMILES string of the molecule is C=C(C)c1ccccc1[C@@H]1CCCN1C1CC2(CCN(c3ccc(C(=O)NS(=O)(=O)c4cc5c(c([N+](=O)[O-])c4)N[C@@H]([C@H]4COCCO4)CO5)c(N4CCCOc5nc6[nH]ccc6cc54)c3)CC2)C1. The lowest BCUT2D eigenvalue weighted by molar-refractivity contribution is -0.384. The van der Waals surface area contributed by atoms with E-state index >= 15 is 0 Å². The highest BCUT2D eigenvalue weighted by molar-refractivity contribution is 7.90. The highest BCUT2D eigenvalue weighted by Crippen LogP contribution is 2.54. The number of carbonyl (C=O) groups excluding carboxylic acids is 1. The van der Waals surface area contributed by atoms with E-state index in [2.05, 4.69) is 62.6 Å². The second kappa shape index (κ2) is 17.7. The fourth-order valence-electron chi connectivity index (χ4n) is 11.4. The van der Waals surface area contributed by atoms with Gasteiger partial charge < -0.3 is 39.0 Å². The summed E-state index contributed by atoms with van der Waals surface area (Å²) in [5.41, 5.74) is 6.38. The van der Waals surface area contributed by atoms with Gasteiger partial charge in [-0.15, -0.1) is 0 Å². The van der Waals surface area contributed by atoms with E-state index in [-0.39, 0.29) is 35.6 Å². The van der Waals surface area contributed by atoms with Crippen molar-refractivity contribution in [1.29, 1.82) is 0 Å². The van der Waals surface area contributed by atoms with Crippen LogP contribution < -0.4 is 29.3 Å². The Kier molecular flexibility index (Phi) is 11.5. The number of pyridine rings is 1. The number of nitro groups is 1. The summed E-state index contributed by atoms with van der Waals surface area (Å²) in [5, 5.41) is 16.4. The maximum absolute atomic E-state index is 14.5. The van der Waals surface area contributed by atoms with Crippen molar-refractivity contribution in [3.8, 4) is 11.6 Å². The highest BCUT2D eigenvalue weighted by atomic mass is 32.2. The van der Waals surface area contributed by atoms with Crippen LogP contribution in [0.2, 0.25) is 0 Å². The third-order valence-electron chi connectivity index (χ3n) is 15.0.